The molecule has 0 atom stereocenters. The van der Waals surface area contributed by atoms with Crippen molar-refractivity contribution in [3.8, 4) is 5.69 Å². The van der Waals surface area contributed by atoms with Gasteiger partial charge in [-0.1, -0.05) is 25.1 Å². The highest BCUT2D eigenvalue weighted by molar-refractivity contribution is 9.10. The highest BCUT2D eigenvalue weighted by atomic mass is 79.9. The van der Waals surface area contributed by atoms with E-state index >= 15 is 0 Å². The molecular formula is C14H19BrN4. The molecule has 0 aliphatic heterocycles. The van der Waals surface area contributed by atoms with E-state index < -0.39 is 0 Å². The zero-order valence-corrected chi connectivity index (χ0v) is 13.1. The van der Waals surface area contributed by atoms with E-state index in [4.69, 9.17) is 0 Å². The number of rotatable bonds is 5. The third-order valence-electron chi connectivity index (χ3n) is 2.75. The van der Waals surface area contributed by atoms with Crippen molar-refractivity contribution in [1.29, 1.82) is 0 Å². The molecule has 0 fully saturated rings. The molecular weight excluding hydrogens is 304 g/mol. The molecule has 0 saturated carbocycles. The van der Waals surface area contributed by atoms with Crippen molar-refractivity contribution in [3.05, 3.63) is 40.1 Å². The van der Waals surface area contributed by atoms with E-state index in [0.717, 1.165) is 28.9 Å². The average Bonchev–Trinajstić information content (AvgIpc) is 2.77. The van der Waals surface area contributed by atoms with Gasteiger partial charge in [0.15, 0.2) is 0 Å². The molecule has 2 rings (SSSR count). The molecule has 5 heteroatoms. The Hall–Kier alpha value is -1.20. The van der Waals surface area contributed by atoms with Gasteiger partial charge in [-0.2, -0.15) is 0 Å². The molecule has 0 radical (unpaired) electrons. The normalized spacial score (nSPS) is 11.2. The first kappa shape index (κ1) is 14.2. The number of aryl methyl sites for hydroxylation is 1. The van der Waals surface area contributed by atoms with Gasteiger partial charge >= 0.3 is 0 Å². The van der Waals surface area contributed by atoms with E-state index in [2.05, 4.69) is 64.5 Å². The van der Waals surface area contributed by atoms with Crippen molar-refractivity contribution in [1.82, 2.24) is 20.3 Å². The van der Waals surface area contributed by atoms with Gasteiger partial charge in [0.1, 0.15) is 0 Å². The van der Waals surface area contributed by atoms with E-state index in [1.807, 2.05) is 12.3 Å². The van der Waals surface area contributed by atoms with Crippen LogP contribution in [-0.2, 0) is 6.54 Å². The summed E-state index contributed by atoms with van der Waals surface area (Å²) in [6.45, 7) is 8.18. The van der Waals surface area contributed by atoms with Crippen LogP contribution in [0.4, 0.5) is 0 Å². The fourth-order valence-electron chi connectivity index (χ4n) is 1.78. The lowest BCUT2D eigenvalue weighted by atomic mass is 10.2. The Morgan fingerprint density at radius 3 is 2.84 bits per heavy atom. The van der Waals surface area contributed by atoms with Crippen LogP contribution in [0.15, 0.2) is 28.9 Å². The molecule has 1 aromatic carbocycles. The summed E-state index contributed by atoms with van der Waals surface area (Å²) in [4.78, 5) is 0. The maximum absolute atomic E-state index is 4.18. The fourth-order valence-corrected chi connectivity index (χ4v) is 2.46. The molecule has 0 saturated heterocycles. The summed E-state index contributed by atoms with van der Waals surface area (Å²) in [6.07, 6.45) is 1.96. The van der Waals surface area contributed by atoms with Gasteiger partial charge in [-0.25, -0.2) is 4.68 Å². The first-order chi connectivity index (χ1) is 9.06. The van der Waals surface area contributed by atoms with Crippen molar-refractivity contribution in [2.24, 2.45) is 5.92 Å². The molecule has 102 valence electrons. The Bertz CT molecular complexity index is 548. The standard InChI is InChI=1S/C14H19BrN4/c1-10(2)7-16-8-12-9-19(18-17-12)14-5-4-11(3)6-13(14)15/h4-6,9-10,16H,7-8H2,1-3H3. The first-order valence-electron chi connectivity index (χ1n) is 6.44. The van der Waals surface area contributed by atoms with Gasteiger partial charge < -0.3 is 5.32 Å². The monoisotopic (exact) mass is 322 g/mol. The molecule has 1 heterocycles. The van der Waals surface area contributed by atoms with Crippen LogP contribution in [0.3, 0.4) is 0 Å². The third-order valence-corrected chi connectivity index (χ3v) is 3.38. The Kier molecular flexibility index (Phi) is 4.71. The molecule has 0 bridgehead atoms. The zero-order valence-electron chi connectivity index (χ0n) is 11.5. The van der Waals surface area contributed by atoms with Gasteiger partial charge in [0.25, 0.3) is 0 Å². The number of halogens is 1. The zero-order chi connectivity index (χ0) is 13.8. The van der Waals surface area contributed by atoms with Gasteiger partial charge in [-0.15, -0.1) is 5.10 Å². The summed E-state index contributed by atoms with van der Waals surface area (Å²) >= 11 is 3.56. The number of hydrogen-bond acceptors (Lipinski definition) is 3. The van der Waals surface area contributed by atoms with E-state index in [1.54, 1.807) is 4.68 Å². The molecule has 0 unspecified atom stereocenters. The highest BCUT2D eigenvalue weighted by Gasteiger charge is 2.06. The molecule has 4 nitrogen and oxygen atoms in total. The summed E-state index contributed by atoms with van der Waals surface area (Å²) in [5.41, 5.74) is 3.18. The predicted octanol–water partition coefficient (Wildman–Crippen LogP) is 3.08. The summed E-state index contributed by atoms with van der Waals surface area (Å²) in [5.74, 6) is 0.640. The minimum Gasteiger partial charge on any atom is -0.311 e. The fraction of sp³-hybridized carbons (Fsp3) is 0.429. The van der Waals surface area contributed by atoms with Crippen LogP contribution >= 0.6 is 15.9 Å². The van der Waals surface area contributed by atoms with Crippen molar-refractivity contribution >= 4 is 15.9 Å². The Morgan fingerprint density at radius 1 is 1.37 bits per heavy atom. The molecule has 1 N–H and O–H groups in total. The molecule has 0 aliphatic rings. The minimum atomic E-state index is 0.640. The van der Waals surface area contributed by atoms with Crippen molar-refractivity contribution in [3.63, 3.8) is 0 Å². The van der Waals surface area contributed by atoms with Crippen molar-refractivity contribution in [2.75, 3.05) is 6.54 Å². The topological polar surface area (TPSA) is 42.7 Å². The SMILES string of the molecule is Cc1ccc(-n2cc(CNCC(C)C)nn2)c(Br)c1. The van der Waals surface area contributed by atoms with Gasteiger partial charge in [0.2, 0.25) is 0 Å². The van der Waals surface area contributed by atoms with Crippen molar-refractivity contribution < 1.29 is 0 Å². The van der Waals surface area contributed by atoms with Crippen LogP contribution in [0.1, 0.15) is 25.1 Å². The summed E-state index contributed by atoms with van der Waals surface area (Å²) in [7, 11) is 0. The molecule has 1 aromatic heterocycles. The van der Waals surface area contributed by atoms with Crippen LogP contribution in [0.25, 0.3) is 5.69 Å². The van der Waals surface area contributed by atoms with Crippen LogP contribution in [0.5, 0.6) is 0 Å². The summed E-state index contributed by atoms with van der Waals surface area (Å²) in [6, 6.07) is 6.19. The van der Waals surface area contributed by atoms with E-state index in [1.165, 1.54) is 5.56 Å². The van der Waals surface area contributed by atoms with Crippen LogP contribution in [0, 0.1) is 12.8 Å². The Balaban J connectivity index is 2.08. The van der Waals surface area contributed by atoms with Gasteiger partial charge in [0, 0.05) is 11.0 Å². The molecule has 19 heavy (non-hydrogen) atoms. The molecule has 0 amide bonds. The highest BCUT2D eigenvalue weighted by Crippen LogP contribution is 2.21. The van der Waals surface area contributed by atoms with Gasteiger partial charge in [-0.05, 0) is 53.0 Å². The second-order valence-electron chi connectivity index (χ2n) is 5.13. The quantitative estimate of drug-likeness (QED) is 0.919. The predicted molar refractivity (Wildman–Crippen MR) is 80.3 cm³/mol. The van der Waals surface area contributed by atoms with Gasteiger partial charge in [-0.3, -0.25) is 0 Å². The number of hydrogen-bond donors (Lipinski definition) is 1. The maximum Gasteiger partial charge on any atom is 0.0969 e. The lowest BCUT2D eigenvalue weighted by molar-refractivity contribution is 0.548. The number of nitrogens with zero attached hydrogens (tertiary/aromatic N) is 3. The third kappa shape index (κ3) is 3.88. The Labute approximate surface area is 122 Å². The maximum atomic E-state index is 4.18. The van der Waals surface area contributed by atoms with Crippen LogP contribution < -0.4 is 5.32 Å². The van der Waals surface area contributed by atoms with Crippen LogP contribution in [-0.4, -0.2) is 21.5 Å². The molecule has 0 spiro atoms. The molecule has 2 aromatic rings. The number of benzene rings is 1. The smallest absolute Gasteiger partial charge is 0.0969 e. The second kappa shape index (κ2) is 6.30. The second-order valence-corrected chi connectivity index (χ2v) is 5.99. The van der Waals surface area contributed by atoms with E-state index in [0.29, 0.717) is 5.92 Å². The summed E-state index contributed by atoms with van der Waals surface area (Å²) < 4.78 is 2.83. The lowest BCUT2D eigenvalue weighted by Gasteiger charge is -2.05. The number of nitrogens with one attached hydrogen (secondary N) is 1. The lowest BCUT2D eigenvalue weighted by Crippen LogP contribution is -2.19. The number of aromatic nitrogens is 3. The summed E-state index contributed by atoms with van der Waals surface area (Å²) in [5, 5.41) is 11.7. The first-order valence-corrected chi connectivity index (χ1v) is 7.24. The van der Waals surface area contributed by atoms with E-state index in [-0.39, 0.29) is 0 Å². The van der Waals surface area contributed by atoms with Crippen molar-refractivity contribution in [2.45, 2.75) is 27.3 Å². The Morgan fingerprint density at radius 2 is 2.16 bits per heavy atom. The largest absolute Gasteiger partial charge is 0.311 e. The average molecular weight is 323 g/mol. The minimum absolute atomic E-state index is 0.640. The van der Waals surface area contributed by atoms with Crippen LogP contribution in [0.2, 0.25) is 0 Å². The van der Waals surface area contributed by atoms with Gasteiger partial charge in [0.05, 0.1) is 17.6 Å². The molecule has 0 aliphatic carbocycles. The van der Waals surface area contributed by atoms with E-state index in [9.17, 15) is 0 Å².